The number of benzene rings is 2. The second-order valence-electron chi connectivity index (χ2n) is 7.33. The molecule has 1 heterocycles. The second kappa shape index (κ2) is 13.8. The number of nitrogens with one attached hydrogen (secondary N) is 2. The summed E-state index contributed by atoms with van der Waals surface area (Å²) < 4.78 is 23.0. The fraction of sp³-hybridized carbons (Fsp3) is 0.440. The van der Waals surface area contributed by atoms with E-state index in [1.807, 2.05) is 6.08 Å². The minimum atomic E-state index is 0.508. The molecule has 0 aliphatic carbocycles. The Kier molecular flexibility index (Phi) is 10.4. The third-order valence-corrected chi connectivity index (χ3v) is 4.96. The van der Waals surface area contributed by atoms with E-state index in [-0.39, 0.29) is 0 Å². The molecule has 31 heavy (non-hydrogen) atoms. The molecule has 1 aliphatic heterocycles. The van der Waals surface area contributed by atoms with Gasteiger partial charge in [0.05, 0.1) is 45.3 Å². The number of hydrogen-bond donors (Lipinski definition) is 2. The normalized spacial score (nSPS) is 16.1. The summed E-state index contributed by atoms with van der Waals surface area (Å²) >= 11 is 0. The number of ether oxygens (including phenoxy) is 4. The monoisotopic (exact) mass is 426 g/mol. The largest absolute Gasteiger partial charge is 0.489 e. The first-order valence-corrected chi connectivity index (χ1v) is 11.0. The van der Waals surface area contributed by atoms with Crippen molar-refractivity contribution in [1.82, 2.24) is 5.32 Å². The van der Waals surface area contributed by atoms with Crippen LogP contribution in [0.1, 0.15) is 16.7 Å². The Labute approximate surface area is 185 Å². The van der Waals surface area contributed by atoms with Crippen LogP contribution in [0.15, 0.2) is 49.0 Å². The smallest absolute Gasteiger partial charge is 0.142 e. The van der Waals surface area contributed by atoms with Crippen molar-refractivity contribution in [3.8, 4) is 5.75 Å². The molecule has 168 valence electrons. The molecule has 0 unspecified atom stereocenters. The van der Waals surface area contributed by atoms with Gasteiger partial charge in [0.25, 0.3) is 0 Å². The minimum absolute atomic E-state index is 0.508. The topological polar surface area (TPSA) is 61.0 Å². The third-order valence-electron chi connectivity index (χ3n) is 4.96. The minimum Gasteiger partial charge on any atom is -0.489 e. The van der Waals surface area contributed by atoms with Crippen LogP contribution in [0.3, 0.4) is 0 Å². The molecule has 0 fully saturated rings. The molecule has 0 radical (unpaired) electrons. The summed E-state index contributed by atoms with van der Waals surface area (Å²) in [5.41, 5.74) is 4.47. The molecule has 6 heteroatoms. The van der Waals surface area contributed by atoms with Crippen LogP contribution in [0.5, 0.6) is 5.75 Å². The lowest BCUT2D eigenvalue weighted by atomic mass is 10.1. The van der Waals surface area contributed by atoms with Gasteiger partial charge in [-0.3, -0.25) is 0 Å². The van der Waals surface area contributed by atoms with Crippen molar-refractivity contribution in [2.75, 3.05) is 64.6 Å². The highest BCUT2D eigenvalue weighted by Crippen LogP contribution is 2.26. The highest BCUT2D eigenvalue weighted by molar-refractivity contribution is 5.58. The molecule has 0 spiro atoms. The van der Waals surface area contributed by atoms with E-state index in [2.05, 4.69) is 59.7 Å². The van der Waals surface area contributed by atoms with Crippen LogP contribution in [0, 0.1) is 0 Å². The molecule has 2 aromatic rings. The van der Waals surface area contributed by atoms with Gasteiger partial charge in [0.15, 0.2) is 0 Å². The maximum Gasteiger partial charge on any atom is 0.142 e. The van der Waals surface area contributed by atoms with E-state index in [4.69, 9.17) is 18.9 Å². The Morgan fingerprint density at radius 1 is 0.871 bits per heavy atom. The lowest BCUT2D eigenvalue weighted by molar-refractivity contribution is 0.0375. The maximum atomic E-state index is 6.00. The molecule has 2 aromatic carbocycles. The Balaban J connectivity index is 1.50. The van der Waals surface area contributed by atoms with Crippen molar-refractivity contribution in [2.24, 2.45) is 0 Å². The summed E-state index contributed by atoms with van der Waals surface area (Å²) in [7, 11) is 0. The molecular weight excluding hydrogens is 392 g/mol. The molecule has 0 saturated heterocycles. The molecular formula is C25H34N2O4. The van der Waals surface area contributed by atoms with E-state index in [1.54, 1.807) is 0 Å². The summed E-state index contributed by atoms with van der Waals surface area (Å²) in [6.07, 6.45) is 2.67. The molecule has 0 bridgehead atoms. The van der Waals surface area contributed by atoms with Gasteiger partial charge < -0.3 is 29.6 Å². The average molecular weight is 427 g/mol. The zero-order valence-corrected chi connectivity index (χ0v) is 18.2. The highest BCUT2D eigenvalue weighted by atomic mass is 16.5. The van der Waals surface area contributed by atoms with Gasteiger partial charge in [0.2, 0.25) is 0 Å². The van der Waals surface area contributed by atoms with Gasteiger partial charge in [-0.25, -0.2) is 0 Å². The van der Waals surface area contributed by atoms with Crippen LogP contribution in [0.4, 0.5) is 5.69 Å². The highest BCUT2D eigenvalue weighted by Gasteiger charge is 2.07. The van der Waals surface area contributed by atoms with E-state index in [0.29, 0.717) is 46.2 Å². The molecule has 3 rings (SSSR count). The quantitative estimate of drug-likeness (QED) is 0.690. The molecule has 0 saturated carbocycles. The SMILES string of the molecule is C=Cc1ccc(COCCc2ccc3c(c2)OCCOCCOCCNCCN3)cc1. The first-order chi connectivity index (χ1) is 15.3. The summed E-state index contributed by atoms with van der Waals surface area (Å²) in [5.74, 6) is 0.854. The lowest BCUT2D eigenvalue weighted by Crippen LogP contribution is -2.26. The van der Waals surface area contributed by atoms with Gasteiger partial charge in [0.1, 0.15) is 12.4 Å². The van der Waals surface area contributed by atoms with Crippen molar-refractivity contribution in [1.29, 1.82) is 0 Å². The van der Waals surface area contributed by atoms with E-state index in [1.165, 1.54) is 5.56 Å². The zero-order chi connectivity index (χ0) is 21.6. The summed E-state index contributed by atoms with van der Waals surface area (Å²) in [6, 6.07) is 14.6. The van der Waals surface area contributed by atoms with Gasteiger partial charge in [-0.15, -0.1) is 0 Å². The fourth-order valence-corrected chi connectivity index (χ4v) is 3.21. The van der Waals surface area contributed by atoms with Crippen LogP contribution in [-0.2, 0) is 27.2 Å². The van der Waals surface area contributed by atoms with E-state index in [0.717, 1.165) is 48.6 Å². The van der Waals surface area contributed by atoms with Crippen LogP contribution < -0.4 is 15.4 Å². The third kappa shape index (κ3) is 8.71. The average Bonchev–Trinajstić information content (AvgIpc) is 2.81. The molecule has 2 N–H and O–H groups in total. The Bertz CT molecular complexity index is 780. The maximum absolute atomic E-state index is 6.00. The van der Waals surface area contributed by atoms with Crippen molar-refractivity contribution in [3.05, 3.63) is 65.7 Å². The van der Waals surface area contributed by atoms with Gasteiger partial charge >= 0.3 is 0 Å². The van der Waals surface area contributed by atoms with Gasteiger partial charge in [-0.1, -0.05) is 43.0 Å². The number of anilines is 1. The van der Waals surface area contributed by atoms with E-state index < -0.39 is 0 Å². The van der Waals surface area contributed by atoms with Gasteiger partial charge in [-0.2, -0.15) is 0 Å². The number of hydrogen-bond acceptors (Lipinski definition) is 6. The van der Waals surface area contributed by atoms with Crippen molar-refractivity contribution < 1.29 is 18.9 Å². The first kappa shape index (κ1) is 23.3. The second-order valence-corrected chi connectivity index (χ2v) is 7.33. The fourth-order valence-electron chi connectivity index (χ4n) is 3.21. The molecule has 6 nitrogen and oxygen atoms in total. The molecule has 0 atom stereocenters. The predicted octanol–water partition coefficient (Wildman–Crippen LogP) is 3.52. The molecule has 0 aromatic heterocycles. The summed E-state index contributed by atoms with van der Waals surface area (Å²) in [4.78, 5) is 0. The summed E-state index contributed by atoms with van der Waals surface area (Å²) in [6.45, 7) is 10.5. The Hall–Kier alpha value is -2.38. The zero-order valence-electron chi connectivity index (χ0n) is 18.2. The number of fused-ring (bicyclic) bond motifs is 1. The van der Waals surface area contributed by atoms with Crippen LogP contribution >= 0.6 is 0 Å². The van der Waals surface area contributed by atoms with E-state index in [9.17, 15) is 0 Å². The Morgan fingerprint density at radius 2 is 1.65 bits per heavy atom. The van der Waals surface area contributed by atoms with Crippen molar-refractivity contribution in [3.63, 3.8) is 0 Å². The van der Waals surface area contributed by atoms with Crippen molar-refractivity contribution >= 4 is 11.8 Å². The van der Waals surface area contributed by atoms with Crippen LogP contribution in [-0.4, -0.2) is 59.3 Å². The van der Waals surface area contributed by atoms with Crippen LogP contribution in [0.25, 0.3) is 6.08 Å². The summed E-state index contributed by atoms with van der Waals surface area (Å²) in [5, 5.41) is 6.81. The van der Waals surface area contributed by atoms with Crippen LogP contribution in [0.2, 0.25) is 0 Å². The standard InChI is InChI=1S/C25H34N2O4/c1-2-21-3-5-23(6-4-21)20-30-13-9-22-7-8-24-25(19-22)31-18-17-29-16-15-28-14-12-26-10-11-27-24/h2-8,19,26-27H,1,9-18,20H2. The van der Waals surface area contributed by atoms with Crippen molar-refractivity contribution in [2.45, 2.75) is 13.0 Å². The van der Waals surface area contributed by atoms with Gasteiger partial charge in [0, 0.05) is 19.6 Å². The molecule has 0 amide bonds. The Morgan fingerprint density at radius 3 is 2.48 bits per heavy atom. The van der Waals surface area contributed by atoms with Gasteiger partial charge in [-0.05, 0) is 35.2 Å². The first-order valence-electron chi connectivity index (χ1n) is 11.0. The molecule has 1 aliphatic rings. The lowest BCUT2D eigenvalue weighted by Gasteiger charge is -2.15. The predicted molar refractivity (Wildman–Crippen MR) is 125 cm³/mol. The number of rotatable bonds is 6. The van der Waals surface area contributed by atoms with E-state index >= 15 is 0 Å².